The highest BCUT2D eigenvalue weighted by molar-refractivity contribution is 6.35. The van der Waals surface area contributed by atoms with Gasteiger partial charge < -0.3 is 20.4 Å². The van der Waals surface area contributed by atoms with E-state index in [1.165, 1.54) is 23.0 Å². The number of carbonyl (C=O) groups is 2. The summed E-state index contributed by atoms with van der Waals surface area (Å²) in [4.78, 5) is 25.0. The van der Waals surface area contributed by atoms with Crippen LogP contribution in [0.2, 0.25) is 10.2 Å². The second kappa shape index (κ2) is 10.3. The van der Waals surface area contributed by atoms with Gasteiger partial charge in [-0.2, -0.15) is 5.10 Å². The normalized spacial score (nSPS) is 20.0. The summed E-state index contributed by atoms with van der Waals surface area (Å²) in [5, 5.41) is 13.1. The van der Waals surface area contributed by atoms with Gasteiger partial charge in [-0.3, -0.25) is 14.3 Å². The molecule has 0 spiro atoms. The lowest BCUT2D eigenvalue weighted by atomic mass is 9.81. The maximum absolute atomic E-state index is 14.0. The smallest absolute Gasteiger partial charge is 0.287 e. The van der Waals surface area contributed by atoms with Crippen molar-refractivity contribution in [2.24, 2.45) is 7.05 Å². The molecule has 1 saturated heterocycles. The van der Waals surface area contributed by atoms with E-state index in [0.29, 0.717) is 34.8 Å². The minimum absolute atomic E-state index is 0.0229. The van der Waals surface area contributed by atoms with Gasteiger partial charge in [0.05, 0.1) is 22.5 Å². The molecule has 3 heterocycles. The Morgan fingerprint density at radius 3 is 2.69 bits per heavy atom. The molecule has 12 heteroatoms. The highest BCUT2D eigenvalue weighted by atomic mass is 35.5. The topological polar surface area (TPSA) is 101 Å². The number of hydrogen-bond acceptors (Lipinski definition) is 5. The lowest BCUT2D eigenvalue weighted by Crippen LogP contribution is -2.54. The van der Waals surface area contributed by atoms with Gasteiger partial charge in [-0.1, -0.05) is 17.7 Å². The van der Waals surface area contributed by atoms with Crippen LogP contribution in [0, 0.1) is 11.6 Å². The Morgan fingerprint density at radius 1 is 1.26 bits per heavy atom. The SMILES string of the molecule is CNC(=O)CC1C[C@@H](c2ccc(F)c(F)c2)[C@H](NC(=O)c2cc(-c3c(Cl)cnn3C)c(Cl)o2)CN1. The fraction of sp³-hybridized carbons (Fsp3) is 0.348. The molecule has 186 valence electrons. The number of hydrogen-bond donors (Lipinski definition) is 3. The first kappa shape index (κ1) is 25.2. The minimum atomic E-state index is -0.982. The van der Waals surface area contributed by atoms with Gasteiger partial charge in [0.1, 0.15) is 0 Å². The van der Waals surface area contributed by atoms with E-state index in [4.69, 9.17) is 27.6 Å². The van der Waals surface area contributed by atoms with Gasteiger partial charge in [-0.15, -0.1) is 0 Å². The standard InChI is InChI=1S/C23H23Cl2F2N5O3/c1-28-20(33)7-12-6-13(11-3-4-16(26)17(27)5-11)18(10-29-12)31-23(34)19-8-14(22(25)35-19)21-15(24)9-30-32(21)2/h3-5,8-9,12-13,18,29H,6-7,10H2,1-2H3,(H,28,33)(H,31,34)/t12?,13-,18+/m0/s1. The first-order chi connectivity index (χ1) is 16.7. The van der Waals surface area contributed by atoms with Crippen molar-refractivity contribution in [1.29, 1.82) is 0 Å². The molecule has 1 aliphatic rings. The third-order valence-electron chi connectivity index (χ3n) is 6.11. The van der Waals surface area contributed by atoms with Crippen LogP contribution < -0.4 is 16.0 Å². The molecule has 8 nitrogen and oxygen atoms in total. The summed E-state index contributed by atoms with van der Waals surface area (Å²) in [6, 6.07) is 4.41. The number of aromatic nitrogens is 2. The third kappa shape index (κ3) is 5.34. The van der Waals surface area contributed by atoms with Crippen LogP contribution in [-0.4, -0.2) is 47.3 Å². The molecule has 35 heavy (non-hydrogen) atoms. The van der Waals surface area contributed by atoms with Crippen LogP contribution in [0.15, 0.2) is 34.9 Å². The maximum Gasteiger partial charge on any atom is 0.287 e. The number of nitrogens with zero attached hydrogens (tertiary/aromatic N) is 2. The van der Waals surface area contributed by atoms with Gasteiger partial charge >= 0.3 is 0 Å². The van der Waals surface area contributed by atoms with E-state index in [2.05, 4.69) is 21.0 Å². The number of halogens is 4. The first-order valence-corrected chi connectivity index (χ1v) is 11.6. The molecule has 1 fully saturated rings. The fourth-order valence-electron chi connectivity index (χ4n) is 4.33. The van der Waals surface area contributed by atoms with Crippen LogP contribution in [0.3, 0.4) is 0 Å². The Kier molecular flexibility index (Phi) is 7.44. The number of furan rings is 1. The number of rotatable bonds is 6. The summed E-state index contributed by atoms with van der Waals surface area (Å²) in [6.45, 7) is 0.298. The third-order valence-corrected chi connectivity index (χ3v) is 6.67. The van der Waals surface area contributed by atoms with Crippen LogP contribution >= 0.6 is 23.2 Å². The number of benzene rings is 1. The summed E-state index contributed by atoms with van der Waals surface area (Å²) in [6.07, 6.45) is 2.08. The Hall–Kier alpha value is -2.95. The van der Waals surface area contributed by atoms with Crippen LogP contribution in [-0.2, 0) is 11.8 Å². The summed E-state index contributed by atoms with van der Waals surface area (Å²) < 4.78 is 34.6. The van der Waals surface area contributed by atoms with Gasteiger partial charge in [0.15, 0.2) is 17.4 Å². The average Bonchev–Trinajstić information content (AvgIpc) is 3.37. The molecule has 0 saturated carbocycles. The van der Waals surface area contributed by atoms with E-state index >= 15 is 0 Å². The van der Waals surface area contributed by atoms with Crippen LogP contribution in [0.1, 0.15) is 34.9 Å². The molecule has 0 aliphatic carbocycles. The van der Waals surface area contributed by atoms with Crippen LogP contribution in [0.25, 0.3) is 11.3 Å². The Labute approximate surface area is 210 Å². The van der Waals surface area contributed by atoms with Crippen molar-refractivity contribution >= 4 is 35.0 Å². The fourth-order valence-corrected chi connectivity index (χ4v) is 4.82. The molecule has 3 atom stereocenters. The number of aryl methyl sites for hydroxylation is 1. The number of amides is 2. The van der Waals surface area contributed by atoms with E-state index in [1.807, 2.05) is 0 Å². The van der Waals surface area contributed by atoms with E-state index < -0.39 is 23.6 Å². The van der Waals surface area contributed by atoms with Crippen LogP contribution in [0.4, 0.5) is 8.78 Å². The predicted molar refractivity (Wildman–Crippen MR) is 126 cm³/mol. The molecule has 0 radical (unpaired) electrons. The molecule has 1 unspecified atom stereocenters. The molecule has 3 N–H and O–H groups in total. The summed E-state index contributed by atoms with van der Waals surface area (Å²) in [5.74, 6) is -3.07. The molecule has 1 aromatic carbocycles. The number of piperidine rings is 1. The summed E-state index contributed by atoms with van der Waals surface area (Å²) in [5.41, 5.74) is 1.42. The lowest BCUT2D eigenvalue weighted by molar-refractivity contribution is -0.121. The highest BCUT2D eigenvalue weighted by Gasteiger charge is 2.34. The van der Waals surface area contributed by atoms with Crippen molar-refractivity contribution in [3.63, 3.8) is 0 Å². The van der Waals surface area contributed by atoms with Crippen molar-refractivity contribution in [1.82, 2.24) is 25.7 Å². The van der Waals surface area contributed by atoms with Gasteiger partial charge in [-0.25, -0.2) is 8.78 Å². The van der Waals surface area contributed by atoms with Crippen molar-refractivity contribution in [3.05, 3.63) is 63.7 Å². The van der Waals surface area contributed by atoms with Crippen molar-refractivity contribution in [2.45, 2.75) is 30.8 Å². The predicted octanol–water partition coefficient (Wildman–Crippen LogP) is 3.65. The number of nitrogens with one attached hydrogen (secondary N) is 3. The van der Waals surface area contributed by atoms with Crippen molar-refractivity contribution < 1.29 is 22.8 Å². The van der Waals surface area contributed by atoms with E-state index in [9.17, 15) is 18.4 Å². The van der Waals surface area contributed by atoms with Gasteiger partial charge in [0.25, 0.3) is 5.91 Å². The monoisotopic (exact) mass is 525 g/mol. The number of carbonyl (C=O) groups excluding carboxylic acids is 2. The molecule has 1 aliphatic heterocycles. The summed E-state index contributed by atoms with van der Waals surface area (Å²) in [7, 11) is 3.22. The molecule has 3 aromatic rings. The zero-order valence-electron chi connectivity index (χ0n) is 18.9. The van der Waals surface area contributed by atoms with Crippen LogP contribution in [0.5, 0.6) is 0 Å². The van der Waals surface area contributed by atoms with Gasteiger partial charge in [0.2, 0.25) is 11.1 Å². The zero-order chi connectivity index (χ0) is 25.3. The maximum atomic E-state index is 14.0. The van der Waals surface area contributed by atoms with E-state index in [-0.39, 0.29) is 35.3 Å². The molecular formula is C23H23Cl2F2N5O3. The molecule has 2 aromatic heterocycles. The van der Waals surface area contributed by atoms with Gasteiger partial charge in [0, 0.05) is 51.1 Å². The largest absolute Gasteiger partial charge is 0.439 e. The lowest BCUT2D eigenvalue weighted by Gasteiger charge is -2.37. The zero-order valence-corrected chi connectivity index (χ0v) is 20.4. The Balaban J connectivity index is 1.57. The highest BCUT2D eigenvalue weighted by Crippen LogP contribution is 2.36. The second-order valence-corrected chi connectivity index (χ2v) is 9.09. The first-order valence-electron chi connectivity index (χ1n) is 10.8. The Bertz CT molecular complexity index is 1240. The van der Waals surface area contributed by atoms with Gasteiger partial charge in [-0.05, 0) is 35.7 Å². The van der Waals surface area contributed by atoms with E-state index in [1.54, 1.807) is 14.1 Å². The summed E-state index contributed by atoms with van der Waals surface area (Å²) >= 11 is 12.4. The molecule has 4 rings (SSSR count). The quantitative estimate of drug-likeness (QED) is 0.456. The second-order valence-electron chi connectivity index (χ2n) is 8.34. The van der Waals surface area contributed by atoms with Crippen molar-refractivity contribution in [2.75, 3.05) is 13.6 Å². The molecule has 0 bridgehead atoms. The minimum Gasteiger partial charge on any atom is -0.439 e. The van der Waals surface area contributed by atoms with Crippen molar-refractivity contribution in [3.8, 4) is 11.3 Å². The Morgan fingerprint density at radius 2 is 2.03 bits per heavy atom. The molecular weight excluding hydrogens is 503 g/mol. The molecule has 2 amide bonds. The van der Waals surface area contributed by atoms with E-state index in [0.717, 1.165) is 12.1 Å². The average molecular weight is 526 g/mol.